The molecule has 0 bridgehead atoms. The van der Waals surface area contributed by atoms with Crippen LogP contribution in [0, 0.1) is 0 Å². The molecule has 0 aliphatic heterocycles. The van der Waals surface area contributed by atoms with Crippen LogP contribution in [0.25, 0.3) is 0 Å². The molecular formula is C58H103N2O7P. The van der Waals surface area contributed by atoms with E-state index >= 15 is 0 Å². The van der Waals surface area contributed by atoms with Gasteiger partial charge in [-0.25, -0.2) is 0 Å². The highest BCUT2D eigenvalue weighted by atomic mass is 31.2. The fourth-order valence-corrected chi connectivity index (χ4v) is 8.14. The Morgan fingerprint density at radius 3 is 1.57 bits per heavy atom. The number of nitrogens with zero attached hydrogens (tertiary/aromatic N) is 1. The van der Waals surface area contributed by atoms with Crippen molar-refractivity contribution in [1.82, 2.24) is 5.32 Å². The van der Waals surface area contributed by atoms with Gasteiger partial charge in [-0.1, -0.05) is 209 Å². The molecule has 0 heterocycles. The molecule has 0 rings (SSSR count). The van der Waals surface area contributed by atoms with Gasteiger partial charge in [-0.15, -0.1) is 0 Å². The molecule has 0 aromatic rings. The van der Waals surface area contributed by atoms with E-state index in [9.17, 15) is 19.0 Å². The van der Waals surface area contributed by atoms with Crippen LogP contribution in [-0.2, 0) is 27.9 Å². The van der Waals surface area contributed by atoms with Crippen molar-refractivity contribution in [3.63, 3.8) is 0 Å². The predicted molar refractivity (Wildman–Crippen MR) is 288 cm³/mol. The Hall–Kier alpha value is -2.81. The number of amides is 1. The number of hydrogen-bond donors (Lipinski definition) is 1. The lowest BCUT2D eigenvalue weighted by molar-refractivity contribution is -0.870. The van der Waals surface area contributed by atoms with Crippen molar-refractivity contribution in [2.45, 2.75) is 232 Å². The summed E-state index contributed by atoms with van der Waals surface area (Å²) < 4.78 is 30.2. The number of phosphoric ester groups is 1. The molecule has 0 radical (unpaired) electrons. The molecule has 3 atom stereocenters. The van der Waals surface area contributed by atoms with Gasteiger partial charge in [0.15, 0.2) is 0 Å². The van der Waals surface area contributed by atoms with Crippen LogP contribution in [-0.4, -0.2) is 69.4 Å². The Bertz CT molecular complexity index is 1440. The molecule has 68 heavy (non-hydrogen) atoms. The zero-order valence-electron chi connectivity index (χ0n) is 44.5. The molecule has 0 saturated carbocycles. The average molecular weight is 971 g/mol. The van der Waals surface area contributed by atoms with Crippen LogP contribution >= 0.6 is 7.82 Å². The number of carbonyl (C=O) groups excluding carboxylic acids is 2. The maximum absolute atomic E-state index is 13.5. The zero-order valence-corrected chi connectivity index (χ0v) is 45.4. The normalized spacial score (nSPS) is 14.5. The van der Waals surface area contributed by atoms with Gasteiger partial charge in [0, 0.05) is 12.8 Å². The summed E-state index contributed by atoms with van der Waals surface area (Å²) in [7, 11) is 1.15. The van der Waals surface area contributed by atoms with Crippen molar-refractivity contribution in [2.75, 3.05) is 40.9 Å². The third kappa shape index (κ3) is 48.2. The van der Waals surface area contributed by atoms with E-state index in [1.807, 2.05) is 39.4 Å². The second-order valence-corrected chi connectivity index (χ2v) is 20.8. The molecule has 9 nitrogen and oxygen atoms in total. The summed E-state index contributed by atoms with van der Waals surface area (Å²) in [5.41, 5.74) is 0. The number of allylic oxidation sites excluding steroid dienone is 13. The molecule has 392 valence electrons. The van der Waals surface area contributed by atoms with E-state index in [4.69, 9.17) is 13.8 Å². The van der Waals surface area contributed by atoms with Crippen molar-refractivity contribution < 1.29 is 37.3 Å². The highest BCUT2D eigenvalue weighted by molar-refractivity contribution is 7.45. The first-order chi connectivity index (χ1) is 32.9. The third-order valence-electron chi connectivity index (χ3n) is 11.6. The van der Waals surface area contributed by atoms with Gasteiger partial charge in [0.05, 0.1) is 33.8 Å². The van der Waals surface area contributed by atoms with Gasteiger partial charge in [0.25, 0.3) is 7.82 Å². The van der Waals surface area contributed by atoms with E-state index in [-0.39, 0.29) is 24.9 Å². The molecule has 3 unspecified atom stereocenters. The maximum Gasteiger partial charge on any atom is 0.306 e. The fourth-order valence-electron chi connectivity index (χ4n) is 7.42. The Kier molecular flexibility index (Phi) is 45.9. The SMILES string of the molecule is CC/C=C/C=C/C=C\CCCCCCCC(=O)OC(/C=C/CCCCCCCCCCCCC)C(COP(=O)([O-])OCC[N+](C)(C)C)NC(=O)CCCCCCCC/C=C/C/C=C/C/C=C/CC. The molecule has 0 aliphatic rings. The average Bonchev–Trinajstić information content (AvgIpc) is 3.29. The van der Waals surface area contributed by atoms with Crippen LogP contribution in [0.3, 0.4) is 0 Å². The summed E-state index contributed by atoms with van der Waals surface area (Å²) in [6.45, 7) is 6.55. The summed E-state index contributed by atoms with van der Waals surface area (Å²) in [5, 5.41) is 3.00. The standard InChI is InChI=1S/C58H103N2O7P/c1-7-10-13-16-19-22-25-28-29-30-33-35-38-41-44-47-50-57(61)59-55(54-66-68(63,64)65-53-52-60(4,5)6)56(49-46-43-40-37-34-31-26-23-20-17-14-11-8-2)67-58(62)51-48-45-42-39-36-32-27-24-21-18-15-12-9-3/h10,12-13,15,18-19,21-22,24,27-29,46,49,55-56H,7-9,11,14,16-17,20,23,25-26,30-45,47-48,50-54H2,1-6H3,(H-,59,61,63,64)/b13-10+,15-12+,21-18+,22-19+,27-24-,29-28+,49-46+. The predicted octanol–water partition coefficient (Wildman–Crippen LogP) is 15.6. The van der Waals surface area contributed by atoms with E-state index in [1.165, 1.54) is 57.8 Å². The van der Waals surface area contributed by atoms with E-state index < -0.39 is 26.6 Å². The summed E-state index contributed by atoms with van der Waals surface area (Å²) in [6, 6.07) is -0.906. The van der Waals surface area contributed by atoms with Gasteiger partial charge in [-0.2, -0.15) is 0 Å². The van der Waals surface area contributed by atoms with Crippen molar-refractivity contribution in [3.8, 4) is 0 Å². The second-order valence-electron chi connectivity index (χ2n) is 19.4. The summed E-state index contributed by atoms with van der Waals surface area (Å²) in [6.07, 6.45) is 61.2. The van der Waals surface area contributed by atoms with Crippen LogP contribution in [0.4, 0.5) is 0 Å². The number of hydrogen-bond acceptors (Lipinski definition) is 7. The number of nitrogens with one attached hydrogen (secondary N) is 1. The number of phosphoric acid groups is 1. The van der Waals surface area contributed by atoms with Crippen molar-refractivity contribution >= 4 is 19.7 Å². The van der Waals surface area contributed by atoms with Crippen LogP contribution < -0.4 is 10.2 Å². The monoisotopic (exact) mass is 971 g/mol. The van der Waals surface area contributed by atoms with E-state index in [1.54, 1.807) is 0 Å². The minimum absolute atomic E-state index is 0.0325. The molecule has 0 fully saturated rings. The maximum atomic E-state index is 13.5. The van der Waals surface area contributed by atoms with Crippen molar-refractivity contribution in [2.24, 2.45) is 0 Å². The number of likely N-dealkylation sites (N-methyl/N-ethyl adjacent to an activating group) is 1. The molecule has 1 amide bonds. The van der Waals surface area contributed by atoms with Crippen molar-refractivity contribution in [1.29, 1.82) is 0 Å². The molecular weight excluding hydrogens is 868 g/mol. The van der Waals surface area contributed by atoms with Gasteiger partial charge < -0.3 is 28.5 Å². The van der Waals surface area contributed by atoms with E-state index in [0.29, 0.717) is 23.9 Å². The summed E-state index contributed by atoms with van der Waals surface area (Å²) in [5.74, 6) is -0.586. The zero-order chi connectivity index (χ0) is 50.1. The molecule has 0 aromatic heterocycles. The lowest BCUT2D eigenvalue weighted by atomic mass is 10.0. The quantitative estimate of drug-likeness (QED) is 0.0161. The Morgan fingerprint density at radius 2 is 1.01 bits per heavy atom. The minimum atomic E-state index is -4.70. The Morgan fingerprint density at radius 1 is 0.544 bits per heavy atom. The van der Waals surface area contributed by atoms with Gasteiger partial charge >= 0.3 is 5.97 Å². The Labute approximate surface area is 418 Å². The fraction of sp³-hybridized carbons (Fsp3) is 0.724. The van der Waals surface area contributed by atoms with Crippen LogP contribution in [0.2, 0.25) is 0 Å². The first-order valence-corrected chi connectivity index (χ1v) is 28.9. The second kappa shape index (κ2) is 47.8. The smallest absolute Gasteiger partial charge is 0.306 e. The van der Waals surface area contributed by atoms with E-state index in [0.717, 1.165) is 122 Å². The van der Waals surface area contributed by atoms with Crippen LogP contribution in [0.15, 0.2) is 85.1 Å². The van der Waals surface area contributed by atoms with Gasteiger partial charge in [0.1, 0.15) is 19.3 Å². The van der Waals surface area contributed by atoms with Crippen molar-refractivity contribution in [3.05, 3.63) is 85.1 Å². The number of esters is 1. The Balaban J connectivity index is 5.46. The molecule has 10 heteroatoms. The summed E-state index contributed by atoms with van der Waals surface area (Å²) >= 11 is 0. The van der Waals surface area contributed by atoms with Crippen LogP contribution in [0.5, 0.6) is 0 Å². The highest BCUT2D eigenvalue weighted by Crippen LogP contribution is 2.38. The lowest BCUT2D eigenvalue weighted by Gasteiger charge is -2.30. The molecule has 0 aliphatic carbocycles. The number of unbranched alkanes of at least 4 members (excludes halogenated alkanes) is 22. The molecule has 0 spiro atoms. The lowest BCUT2D eigenvalue weighted by Crippen LogP contribution is -2.47. The topological polar surface area (TPSA) is 114 Å². The first-order valence-electron chi connectivity index (χ1n) is 27.4. The molecule has 1 N–H and O–H groups in total. The number of ether oxygens (including phenoxy) is 1. The number of rotatable bonds is 48. The largest absolute Gasteiger partial charge is 0.756 e. The third-order valence-corrected chi connectivity index (χ3v) is 12.6. The first kappa shape index (κ1) is 65.2. The molecule has 0 saturated heterocycles. The van der Waals surface area contributed by atoms with Gasteiger partial charge in [0.2, 0.25) is 5.91 Å². The highest BCUT2D eigenvalue weighted by Gasteiger charge is 2.27. The van der Waals surface area contributed by atoms with Gasteiger partial charge in [-0.3, -0.25) is 14.2 Å². The minimum Gasteiger partial charge on any atom is -0.756 e. The summed E-state index contributed by atoms with van der Waals surface area (Å²) in [4.78, 5) is 39.8. The van der Waals surface area contributed by atoms with E-state index in [2.05, 4.69) is 92.9 Å². The number of quaternary nitrogens is 1. The van der Waals surface area contributed by atoms with Gasteiger partial charge in [-0.05, 0) is 83.1 Å². The number of carbonyl (C=O) groups is 2. The molecule has 0 aromatic carbocycles. The van der Waals surface area contributed by atoms with Crippen LogP contribution in [0.1, 0.15) is 220 Å².